The minimum Gasteiger partial charge on any atom is -0.456 e. The minimum atomic E-state index is -0.887. The summed E-state index contributed by atoms with van der Waals surface area (Å²) in [4.78, 5) is 51.5. The van der Waals surface area contributed by atoms with Crippen LogP contribution in [0.25, 0.3) is 11.1 Å². The Labute approximate surface area is 254 Å². The van der Waals surface area contributed by atoms with Crippen molar-refractivity contribution in [3.63, 3.8) is 0 Å². The molecule has 2 aromatic carbocycles. The van der Waals surface area contributed by atoms with Crippen molar-refractivity contribution >= 4 is 34.7 Å². The number of ether oxygens (including phenoxy) is 1. The fraction of sp³-hybridized carbons (Fsp3) is 0.471. The van der Waals surface area contributed by atoms with Crippen LogP contribution in [0.5, 0.6) is 0 Å². The van der Waals surface area contributed by atoms with Gasteiger partial charge in [0.25, 0.3) is 5.91 Å². The summed E-state index contributed by atoms with van der Waals surface area (Å²) in [6.07, 6.45) is 9.48. The van der Waals surface area contributed by atoms with Crippen LogP contribution in [0.3, 0.4) is 0 Å². The van der Waals surface area contributed by atoms with E-state index in [0.717, 1.165) is 29.5 Å². The zero-order chi connectivity index (χ0) is 30.3. The summed E-state index contributed by atoms with van der Waals surface area (Å²) in [6, 6.07) is 14.2. The van der Waals surface area contributed by atoms with Gasteiger partial charge in [0.2, 0.25) is 5.91 Å². The van der Waals surface area contributed by atoms with E-state index in [2.05, 4.69) is 17.6 Å². The number of unbranched alkanes of at least 4 members (excludes halogenated alkanes) is 4. The first kappa shape index (κ1) is 33.1. The van der Waals surface area contributed by atoms with Crippen LogP contribution in [-0.4, -0.2) is 40.8 Å². The molecular formula is C34H44N2O5S. The van der Waals surface area contributed by atoms with E-state index in [1.807, 2.05) is 56.3 Å². The number of rotatable bonds is 11. The molecule has 3 rings (SSSR count). The van der Waals surface area contributed by atoms with Crippen LogP contribution in [-0.2, 0) is 25.7 Å². The Bertz CT molecular complexity index is 1240. The van der Waals surface area contributed by atoms with Gasteiger partial charge in [-0.05, 0) is 59.7 Å². The van der Waals surface area contributed by atoms with E-state index in [4.69, 9.17) is 4.74 Å². The van der Waals surface area contributed by atoms with Gasteiger partial charge < -0.3 is 15.4 Å². The molecule has 4 bridgehead atoms. The van der Waals surface area contributed by atoms with Crippen LogP contribution in [0.2, 0.25) is 0 Å². The standard InChI is InChI=1S/C34H44N2O5S/c1-4-5-6-7-8-18-31(38)42-19-10-9-17-29-22-30(37)35-23-25-13-11-14-26(20-25)27-15-12-16-28(21-27)33(39)36-32(24(2)3)34(40)41-29/h9,11-17,20-21,24,29,32H,4-8,10,18-19,22-23H2,1-3H3,(H,35,37)(H,36,39)/b17-9+/t29-,32+/m1/s1. The van der Waals surface area contributed by atoms with E-state index in [9.17, 15) is 19.2 Å². The topological polar surface area (TPSA) is 102 Å². The first-order valence-corrected chi connectivity index (χ1v) is 16.0. The van der Waals surface area contributed by atoms with Crippen molar-refractivity contribution in [3.05, 3.63) is 71.8 Å². The van der Waals surface area contributed by atoms with Crippen molar-refractivity contribution in [1.82, 2.24) is 10.6 Å². The number of fused-ring (bicyclic) bond motifs is 5. The summed E-state index contributed by atoms with van der Waals surface area (Å²) < 4.78 is 5.78. The van der Waals surface area contributed by atoms with Crippen LogP contribution >= 0.6 is 11.8 Å². The highest BCUT2D eigenvalue weighted by atomic mass is 32.2. The highest BCUT2D eigenvalue weighted by molar-refractivity contribution is 8.13. The van der Waals surface area contributed by atoms with Gasteiger partial charge in [0, 0.05) is 24.3 Å². The number of esters is 1. The lowest BCUT2D eigenvalue weighted by Crippen LogP contribution is -2.46. The number of carbonyl (C=O) groups is 4. The quantitative estimate of drug-likeness (QED) is 0.173. The molecule has 2 N–H and O–H groups in total. The molecule has 7 nitrogen and oxygen atoms in total. The molecular weight excluding hydrogens is 548 g/mol. The second kappa shape index (κ2) is 17.5. The molecule has 0 unspecified atom stereocenters. The lowest BCUT2D eigenvalue weighted by Gasteiger charge is -2.24. The van der Waals surface area contributed by atoms with Crippen LogP contribution in [0.4, 0.5) is 0 Å². The number of carbonyl (C=O) groups excluding carboxylic acids is 4. The second-order valence-electron chi connectivity index (χ2n) is 11.0. The van der Waals surface area contributed by atoms with Gasteiger partial charge >= 0.3 is 5.97 Å². The molecule has 1 aliphatic rings. The molecule has 2 amide bonds. The number of amides is 2. The van der Waals surface area contributed by atoms with Gasteiger partial charge in [-0.1, -0.05) is 94.6 Å². The lowest BCUT2D eigenvalue weighted by atomic mass is 9.99. The highest BCUT2D eigenvalue weighted by Gasteiger charge is 2.29. The van der Waals surface area contributed by atoms with E-state index in [1.54, 1.807) is 18.2 Å². The summed E-state index contributed by atoms with van der Waals surface area (Å²) in [5.41, 5.74) is 3.15. The normalized spacial score (nSPS) is 18.0. The smallest absolute Gasteiger partial charge is 0.329 e. The Morgan fingerprint density at radius 2 is 1.71 bits per heavy atom. The Morgan fingerprint density at radius 1 is 1.00 bits per heavy atom. The molecule has 0 fully saturated rings. The summed E-state index contributed by atoms with van der Waals surface area (Å²) >= 11 is 1.32. The van der Waals surface area contributed by atoms with Crippen molar-refractivity contribution in [2.45, 2.75) is 90.8 Å². The van der Waals surface area contributed by atoms with Gasteiger partial charge in [0.05, 0.1) is 6.42 Å². The van der Waals surface area contributed by atoms with Gasteiger partial charge in [0.15, 0.2) is 5.12 Å². The van der Waals surface area contributed by atoms with Crippen LogP contribution < -0.4 is 10.6 Å². The summed E-state index contributed by atoms with van der Waals surface area (Å²) in [5.74, 6) is -0.829. The first-order valence-electron chi connectivity index (χ1n) is 15.1. The van der Waals surface area contributed by atoms with Gasteiger partial charge in [-0.15, -0.1) is 0 Å². The Balaban J connectivity index is 1.70. The predicted molar refractivity (Wildman–Crippen MR) is 169 cm³/mol. The molecule has 42 heavy (non-hydrogen) atoms. The van der Waals surface area contributed by atoms with E-state index < -0.39 is 18.1 Å². The fourth-order valence-corrected chi connectivity index (χ4v) is 5.45. The lowest BCUT2D eigenvalue weighted by molar-refractivity contribution is -0.151. The third kappa shape index (κ3) is 11.1. The molecule has 2 atom stereocenters. The van der Waals surface area contributed by atoms with Gasteiger partial charge in [-0.3, -0.25) is 14.4 Å². The molecule has 8 heteroatoms. The molecule has 0 saturated carbocycles. The number of cyclic esters (lactones) is 1. The minimum absolute atomic E-state index is 0.0520. The van der Waals surface area contributed by atoms with Crippen molar-refractivity contribution in [1.29, 1.82) is 0 Å². The Kier molecular flexibility index (Phi) is 13.8. The highest BCUT2D eigenvalue weighted by Crippen LogP contribution is 2.23. The first-order chi connectivity index (χ1) is 20.3. The predicted octanol–water partition coefficient (Wildman–Crippen LogP) is 6.61. The van der Waals surface area contributed by atoms with Crippen molar-refractivity contribution < 1.29 is 23.9 Å². The number of nitrogens with one attached hydrogen (secondary N) is 2. The van der Waals surface area contributed by atoms with Gasteiger partial charge in [-0.2, -0.15) is 0 Å². The van der Waals surface area contributed by atoms with E-state index in [1.165, 1.54) is 31.0 Å². The maximum Gasteiger partial charge on any atom is 0.329 e. The van der Waals surface area contributed by atoms with E-state index >= 15 is 0 Å². The molecule has 0 aliphatic carbocycles. The molecule has 0 radical (unpaired) electrons. The largest absolute Gasteiger partial charge is 0.456 e. The molecule has 1 heterocycles. The molecule has 0 saturated heterocycles. The summed E-state index contributed by atoms with van der Waals surface area (Å²) in [6.45, 7) is 6.16. The maximum atomic E-state index is 13.3. The molecule has 226 valence electrons. The monoisotopic (exact) mass is 592 g/mol. The average Bonchev–Trinajstić information content (AvgIpc) is 2.98. The second-order valence-corrected chi connectivity index (χ2v) is 12.2. The van der Waals surface area contributed by atoms with Crippen molar-refractivity contribution in [2.24, 2.45) is 5.92 Å². The fourth-order valence-electron chi connectivity index (χ4n) is 4.68. The maximum absolute atomic E-state index is 13.3. The third-order valence-corrected chi connectivity index (χ3v) is 8.08. The van der Waals surface area contributed by atoms with Crippen LogP contribution in [0.1, 0.15) is 88.1 Å². The van der Waals surface area contributed by atoms with Crippen LogP contribution in [0.15, 0.2) is 60.7 Å². The summed E-state index contributed by atoms with van der Waals surface area (Å²) in [7, 11) is 0. The van der Waals surface area contributed by atoms with E-state index in [0.29, 0.717) is 30.7 Å². The number of allylic oxidation sites excluding steroid dienone is 1. The molecule has 0 aromatic heterocycles. The van der Waals surface area contributed by atoms with Crippen molar-refractivity contribution in [3.8, 4) is 11.1 Å². The molecule has 1 aliphatic heterocycles. The van der Waals surface area contributed by atoms with Crippen LogP contribution in [0, 0.1) is 5.92 Å². The number of thioether (sulfide) groups is 1. The zero-order valence-electron chi connectivity index (χ0n) is 25.0. The molecule has 0 spiro atoms. The zero-order valence-corrected chi connectivity index (χ0v) is 25.8. The number of benzene rings is 2. The number of hydrogen-bond acceptors (Lipinski definition) is 6. The Morgan fingerprint density at radius 3 is 2.48 bits per heavy atom. The molecule has 2 aromatic rings. The average molecular weight is 593 g/mol. The number of hydrogen-bond donors (Lipinski definition) is 2. The Hall–Kier alpha value is -3.39. The van der Waals surface area contributed by atoms with Crippen molar-refractivity contribution in [2.75, 3.05) is 5.75 Å². The third-order valence-electron chi connectivity index (χ3n) is 7.12. The van der Waals surface area contributed by atoms with Gasteiger partial charge in [0.1, 0.15) is 12.1 Å². The SMILES string of the molecule is CCCCCCCC(=O)SCC/C=C/[C@@H]1CC(=O)NCc2cccc(c2)-c2cccc(c2)C(=O)N[C@@H](C(C)C)C(=O)O1. The van der Waals surface area contributed by atoms with Gasteiger partial charge in [-0.25, -0.2) is 4.79 Å². The van der Waals surface area contributed by atoms with E-state index in [-0.39, 0.29) is 29.3 Å². The summed E-state index contributed by atoms with van der Waals surface area (Å²) in [5, 5.41) is 5.96.